The van der Waals surface area contributed by atoms with Crippen molar-refractivity contribution in [3.05, 3.63) is 84.6 Å². The monoisotopic (exact) mass is 396 g/mol. The van der Waals surface area contributed by atoms with E-state index >= 15 is 0 Å². The first-order valence-electron chi connectivity index (χ1n) is 8.25. The fraction of sp³-hybridized carbons (Fsp3) is 0.0500. The molecule has 0 fully saturated rings. The molecule has 4 rings (SSSR count). The third-order valence-corrected chi connectivity index (χ3v) is 6.20. The van der Waals surface area contributed by atoms with Crippen molar-refractivity contribution in [2.75, 3.05) is 4.72 Å². The molecule has 5 nitrogen and oxygen atoms in total. The molecule has 0 bridgehead atoms. The van der Waals surface area contributed by atoms with Gasteiger partial charge in [0.1, 0.15) is 10.6 Å². The molecule has 0 amide bonds. The minimum absolute atomic E-state index is 0.119. The van der Waals surface area contributed by atoms with Crippen LogP contribution in [0.4, 0.5) is 5.69 Å². The van der Waals surface area contributed by atoms with Crippen LogP contribution < -0.4 is 4.72 Å². The lowest BCUT2D eigenvalue weighted by Crippen LogP contribution is -2.13. The lowest BCUT2D eigenvalue weighted by atomic mass is 10.2. The van der Waals surface area contributed by atoms with Crippen LogP contribution in [0.2, 0.25) is 0 Å². The third kappa shape index (κ3) is 3.99. The Balaban J connectivity index is 1.58. The van der Waals surface area contributed by atoms with Crippen LogP contribution >= 0.6 is 11.8 Å². The van der Waals surface area contributed by atoms with Gasteiger partial charge in [0.2, 0.25) is 5.09 Å². The highest BCUT2D eigenvalue weighted by atomic mass is 32.2. The second-order valence-electron chi connectivity index (χ2n) is 5.84. The third-order valence-electron chi connectivity index (χ3n) is 3.90. The molecular weight excluding hydrogens is 380 g/mol. The number of sulfonamides is 1. The number of para-hydroxylation sites is 1. The van der Waals surface area contributed by atoms with Gasteiger partial charge in [0.05, 0.1) is 5.69 Å². The number of benzene rings is 2. The number of fused-ring (bicyclic) bond motifs is 1. The standard InChI is InChI=1S/C20H16N2O3S2/c23-27(24,19-13-16-9-4-5-11-18(16)25-19)22-17-10-6-12-21-20(17)26-14-15-7-2-1-3-8-15/h1-13,22H,14H2. The smallest absolute Gasteiger partial charge is 0.295 e. The Morgan fingerprint density at radius 3 is 2.56 bits per heavy atom. The van der Waals surface area contributed by atoms with Gasteiger partial charge in [0.15, 0.2) is 0 Å². The van der Waals surface area contributed by atoms with Gasteiger partial charge in [0, 0.05) is 23.4 Å². The molecule has 0 unspecified atom stereocenters. The first-order valence-corrected chi connectivity index (χ1v) is 10.7. The molecule has 0 saturated carbocycles. The van der Waals surface area contributed by atoms with Crippen LogP contribution in [0.5, 0.6) is 0 Å². The van der Waals surface area contributed by atoms with E-state index in [1.165, 1.54) is 17.8 Å². The molecule has 2 aromatic carbocycles. The molecule has 0 aliphatic heterocycles. The number of hydrogen-bond acceptors (Lipinski definition) is 5. The zero-order valence-corrected chi connectivity index (χ0v) is 15.8. The molecule has 27 heavy (non-hydrogen) atoms. The Morgan fingerprint density at radius 2 is 1.74 bits per heavy atom. The van der Waals surface area contributed by atoms with Gasteiger partial charge in [-0.2, -0.15) is 8.42 Å². The quantitative estimate of drug-likeness (QED) is 0.468. The number of thioether (sulfide) groups is 1. The molecule has 0 radical (unpaired) electrons. The number of aromatic nitrogens is 1. The van der Waals surface area contributed by atoms with Gasteiger partial charge in [0.25, 0.3) is 10.0 Å². The summed E-state index contributed by atoms with van der Waals surface area (Å²) in [5, 5.41) is 1.23. The van der Waals surface area contributed by atoms with Crippen molar-refractivity contribution in [1.29, 1.82) is 0 Å². The number of anilines is 1. The molecule has 0 aliphatic rings. The number of pyridine rings is 1. The van der Waals surface area contributed by atoms with Crippen LogP contribution in [-0.4, -0.2) is 13.4 Å². The largest absolute Gasteiger partial charge is 0.443 e. The van der Waals surface area contributed by atoms with E-state index in [9.17, 15) is 8.42 Å². The van der Waals surface area contributed by atoms with Crippen LogP contribution in [0.1, 0.15) is 5.56 Å². The van der Waals surface area contributed by atoms with E-state index in [-0.39, 0.29) is 5.09 Å². The van der Waals surface area contributed by atoms with Gasteiger partial charge in [-0.05, 0) is 23.8 Å². The lowest BCUT2D eigenvalue weighted by Gasteiger charge is -2.10. The van der Waals surface area contributed by atoms with Crippen molar-refractivity contribution in [1.82, 2.24) is 4.98 Å². The van der Waals surface area contributed by atoms with Gasteiger partial charge >= 0.3 is 0 Å². The van der Waals surface area contributed by atoms with Crippen molar-refractivity contribution < 1.29 is 12.8 Å². The maximum Gasteiger partial charge on any atom is 0.295 e. The summed E-state index contributed by atoms with van der Waals surface area (Å²) in [7, 11) is -3.85. The zero-order chi connectivity index (χ0) is 18.7. The summed E-state index contributed by atoms with van der Waals surface area (Å²) in [6.45, 7) is 0. The van der Waals surface area contributed by atoms with Gasteiger partial charge in [-0.1, -0.05) is 60.3 Å². The van der Waals surface area contributed by atoms with E-state index in [0.29, 0.717) is 22.0 Å². The van der Waals surface area contributed by atoms with Crippen LogP contribution in [0, 0.1) is 0 Å². The SMILES string of the molecule is O=S(=O)(Nc1cccnc1SCc1ccccc1)c1cc2ccccc2o1. The van der Waals surface area contributed by atoms with E-state index in [2.05, 4.69) is 9.71 Å². The summed E-state index contributed by atoms with van der Waals surface area (Å²) in [5.74, 6) is 0.692. The van der Waals surface area contributed by atoms with Crippen molar-refractivity contribution in [2.45, 2.75) is 15.9 Å². The summed E-state index contributed by atoms with van der Waals surface area (Å²) in [4.78, 5) is 4.32. The second-order valence-corrected chi connectivity index (χ2v) is 8.42. The predicted molar refractivity (Wildman–Crippen MR) is 107 cm³/mol. The Kier molecular flexibility index (Phi) is 4.87. The summed E-state index contributed by atoms with van der Waals surface area (Å²) in [6, 6.07) is 22.0. The zero-order valence-electron chi connectivity index (χ0n) is 14.2. The van der Waals surface area contributed by atoms with Crippen LogP contribution in [-0.2, 0) is 15.8 Å². The Morgan fingerprint density at radius 1 is 0.963 bits per heavy atom. The van der Waals surface area contributed by atoms with E-state index in [1.54, 1.807) is 30.5 Å². The highest BCUT2D eigenvalue weighted by molar-refractivity contribution is 7.98. The Bertz CT molecular complexity index is 1140. The number of nitrogens with zero attached hydrogens (tertiary/aromatic N) is 1. The van der Waals surface area contributed by atoms with E-state index in [1.807, 2.05) is 42.5 Å². The molecule has 136 valence electrons. The number of nitrogens with one attached hydrogen (secondary N) is 1. The average molecular weight is 396 g/mol. The summed E-state index contributed by atoms with van der Waals surface area (Å²) < 4.78 is 33.6. The molecular formula is C20H16N2O3S2. The van der Waals surface area contributed by atoms with E-state index < -0.39 is 10.0 Å². The molecule has 1 N–H and O–H groups in total. The fourth-order valence-corrected chi connectivity index (χ4v) is 4.60. The predicted octanol–water partition coefficient (Wildman–Crippen LogP) is 4.92. The summed E-state index contributed by atoms with van der Waals surface area (Å²) in [6.07, 6.45) is 1.65. The molecule has 7 heteroatoms. The maximum absolute atomic E-state index is 12.8. The number of hydrogen-bond donors (Lipinski definition) is 1. The summed E-state index contributed by atoms with van der Waals surface area (Å²) in [5.41, 5.74) is 2.10. The lowest BCUT2D eigenvalue weighted by molar-refractivity contribution is 0.484. The first-order chi connectivity index (χ1) is 13.1. The normalized spacial score (nSPS) is 11.6. The Hall–Kier alpha value is -2.77. The van der Waals surface area contributed by atoms with Crippen molar-refractivity contribution >= 4 is 38.4 Å². The highest BCUT2D eigenvalue weighted by Crippen LogP contribution is 2.30. The fourth-order valence-electron chi connectivity index (χ4n) is 2.59. The summed E-state index contributed by atoms with van der Waals surface area (Å²) >= 11 is 1.47. The molecule has 4 aromatic rings. The number of furan rings is 1. The van der Waals surface area contributed by atoms with E-state index in [0.717, 1.165) is 10.9 Å². The second kappa shape index (κ2) is 7.46. The maximum atomic E-state index is 12.8. The van der Waals surface area contributed by atoms with Crippen LogP contribution in [0.15, 0.2) is 93.5 Å². The van der Waals surface area contributed by atoms with Crippen molar-refractivity contribution in [3.8, 4) is 0 Å². The minimum atomic E-state index is -3.85. The van der Waals surface area contributed by atoms with Crippen molar-refractivity contribution in [2.24, 2.45) is 0 Å². The average Bonchev–Trinajstić information content (AvgIpc) is 3.13. The van der Waals surface area contributed by atoms with Gasteiger partial charge in [-0.3, -0.25) is 4.72 Å². The molecule has 0 spiro atoms. The highest BCUT2D eigenvalue weighted by Gasteiger charge is 2.21. The molecule has 0 atom stereocenters. The topological polar surface area (TPSA) is 72.2 Å². The molecule has 2 heterocycles. The molecule has 0 saturated heterocycles. The van der Waals surface area contributed by atoms with Gasteiger partial charge in [-0.15, -0.1) is 0 Å². The van der Waals surface area contributed by atoms with Crippen LogP contribution in [0.25, 0.3) is 11.0 Å². The molecule has 0 aliphatic carbocycles. The van der Waals surface area contributed by atoms with Crippen LogP contribution in [0.3, 0.4) is 0 Å². The Labute approximate surface area is 161 Å². The first kappa shape index (κ1) is 17.6. The van der Waals surface area contributed by atoms with Gasteiger partial charge < -0.3 is 4.42 Å². The van der Waals surface area contributed by atoms with E-state index in [4.69, 9.17) is 4.42 Å². The number of rotatable bonds is 6. The van der Waals surface area contributed by atoms with Gasteiger partial charge in [-0.25, -0.2) is 4.98 Å². The minimum Gasteiger partial charge on any atom is -0.443 e. The van der Waals surface area contributed by atoms with Crippen molar-refractivity contribution in [3.63, 3.8) is 0 Å². The molecule has 2 aromatic heterocycles.